The molecule has 0 amide bonds. The fourth-order valence-electron chi connectivity index (χ4n) is 1.55. The van der Waals surface area contributed by atoms with Gasteiger partial charge in [-0.1, -0.05) is 23.2 Å². The number of aliphatic hydroxyl groups excluding tert-OH is 1. The Labute approximate surface area is 96.4 Å². The number of halogens is 1. The normalized spacial score (nSPS) is 12.5. The van der Waals surface area contributed by atoms with Gasteiger partial charge < -0.3 is 5.11 Å². The quantitative estimate of drug-likeness (QED) is 0.766. The van der Waals surface area contributed by atoms with Crippen LogP contribution in [0.15, 0.2) is 30.4 Å². The van der Waals surface area contributed by atoms with Gasteiger partial charge in [0, 0.05) is 5.02 Å². The van der Waals surface area contributed by atoms with E-state index in [2.05, 4.69) is 6.58 Å². The molecule has 0 aromatic heterocycles. The Balaban J connectivity index is 2.73. The minimum atomic E-state index is -0.418. The summed E-state index contributed by atoms with van der Waals surface area (Å²) in [6.07, 6.45) is 1.15. The monoisotopic (exact) mass is 224 g/mol. The third-order valence-electron chi connectivity index (χ3n) is 2.44. The van der Waals surface area contributed by atoms with Crippen LogP contribution in [0.5, 0.6) is 0 Å². The molecule has 0 aliphatic rings. The van der Waals surface area contributed by atoms with Gasteiger partial charge in [0.1, 0.15) is 0 Å². The van der Waals surface area contributed by atoms with Crippen LogP contribution in [0.2, 0.25) is 5.02 Å². The molecule has 0 aliphatic heterocycles. The largest absolute Gasteiger partial charge is 0.388 e. The minimum Gasteiger partial charge on any atom is -0.388 e. The Kier molecular flexibility index (Phi) is 4.37. The lowest BCUT2D eigenvalue weighted by Crippen LogP contribution is -2.00. The standard InChI is InChI=1S/C13H17ClO/c1-9(2)4-7-13(15)12-6-5-11(14)8-10(12)3/h5-6,8,13,15H,1,4,7H2,2-3H3. The number of hydrogen-bond donors (Lipinski definition) is 1. The third-order valence-corrected chi connectivity index (χ3v) is 2.67. The molecule has 0 saturated heterocycles. The lowest BCUT2D eigenvalue weighted by molar-refractivity contribution is 0.167. The summed E-state index contributed by atoms with van der Waals surface area (Å²) in [5, 5.41) is 10.7. The number of aliphatic hydroxyl groups is 1. The van der Waals surface area contributed by atoms with Crippen molar-refractivity contribution in [2.24, 2.45) is 0 Å². The van der Waals surface area contributed by atoms with Crippen molar-refractivity contribution >= 4 is 11.6 Å². The zero-order valence-electron chi connectivity index (χ0n) is 9.26. The summed E-state index contributed by atoms with van der Waals surface area (Å²) in [6, 6.07) is 5.58. The highest BCUT2D eigenvalue weighted by atomic mass is 35.5. The molecule has 1 aromatic carbocycles. The first-order valence-electron chi connectivity index (χ1n) is 5.09. The van der Waals surface area contributed by atoms with Gasteiger partial charge in [0.25, 0.3) is 0 Å². The topological polar surface area (TPSA) is 20.2 Å². The molecule has 0 radical (unpaired) electrons. The maximum atomic E-state index is 9.96. The highest BCUT2D eigenvalue weighted by Crippen LogP contribution is 2.25. The van der Waals surface area contributed by atoms with Crippen molar-refractivity contribution in [3.8, 4) is 0 Å². The molecule has 1 unspecified atom stereocenters. The maximum absolute atomic E-state index is 9.96. The van der Waals surface area contributed by atoms with E-state index in [0.29, 0.717) is 5.02 Å². The van der Waals surface area contributed by atoms with Gasteiger partial charge in [0.2, 0.25) is 0 Å². The Morgan fingerprint density at radius 3 is 2.73 bits per heavy atom. The lowest BCUT2D eigenvalue weighted by atomic mass is 9.99. The number of benzene rings is 1. The van der Waals surface area contributed by atoms with Crippen molar-refractivity contribution in [3.63, 3.8) is 0 Å². The van der Waals surface area contributed by atoms with Gasteiger partial charge >= 0.3 is 0 Å². The summed E-state index contributed by atoms with van der Waals surface area (Å²) in [6.45, 7) is 7.76. The van der Waals surface area contributed by atoms with Crippen LogP contribution in [0.1, 0.15) is 37.0 Å². The molecular formula is C13H17ClO. The van der Waals surface area contributed by atoms with Crippen LogP contribution in [0, 0.1) is 6.92 Å². The van der Waals surface area contributed by atoms with Crippen molar-refractivity contribution in [1.29, 1.82) is 0 Å². The fourth-order valence-corrected chi connectivity index (χ4v) is 1.78. The molecule has 0 aliphatic carbocycles. The Hall–Kier alpha value is -0.790. The van der Waals surface area contributed by atoms with E-state index >= 15 is 0 Å². The predicted molar refractivity (Wildman–Crippen MR) is 65.2 cm³/mol. The number of allylic oxidation sites excluding steroid dienone is 1. The first-order chi connectivity index (χ1) is 7.00. The molecule has 1 rings (SSSR count). The Morgan fingerprint density at radius 2 is 2.20 bits per heavy atom. The maximum Gasteiger partial charge on any atom is 0.0795 e. The van der Waals surface area contributed by atoms with Gasteiger partial charge in [-0.25, -0.2) is 0 Å². The first-order valence-corrected chi connectivity index (χ1v) is 5.47. The fraction of sp³-hybridized carbons (Fsp3) is 0.385. The molecule has 15 heavy (non-hydrogen) atoms. The van der Waals surface area contributed by atoms with Gasteiger partial charge in [-0.2, -0.15) is 0 Å². The van der Waals surface area contributed by atoms with E-state index in [1.54, 1.807) is 0 Å². The average molecular weight is 225 g/mol. The Morgan fingerprint density at radius 1 is 1.53 bits per heavy atom. The summed E-state index contributed by atoms with van der Waals surface area (Å²) in [5.74, 6) is 0. The van der Waals surface area contributed by atoms with Crippen LogP contribution in [0.4, 0.5) is 0 Å². The Bertz CT molecular complexity index is 358. The molecule has 2 heteroatoms. The molecule has 0 bridgehead atoms. The summed E-state index contributed by atoms with van der Waals surface area (Å²) in [5.41, 5.74) is 3.10. The molecule has 0 spiro atoms. The van der Waals surface area contributed by atoms with Crippen molar-refractivity contribution in [2.45, 2.75) is 32.8 Å². The second-order valence-electron chi connectivity index (χ2n) is 4.01. The molecule has 1 N–H and O–H groups in total. The van der Waals surface area contributed by atoms with Crippen LogP contribution in [-0.4, -0.2) is 5.11 Å². The van der Waals surface area contributed by atoms with E-state index in [1.165, 1.54) is 0 Å². The van der Waals surface area contributed by atoms with Gasteiger partial charge in [-0.05, 0) is 49.9 Å². The van der Waals surface area contributed by atoms with Crippen LogP contribution >= 0.6 is 11.6 Å². The second-order valence-corrected chi connectivity index (χ2v) is 4.45. The molecule has 1 nitrogen and oxygen atoms in total. The van der Waals surface area contributed by atoms with Gasteiger partial charge in [0.05, 0.1) is 6.10 Å². The summed E-state index contributed by atoms with van der Waals surface area (Å²) in [4.78, 5) is 0. The summed E-state index contributed by atoms with van der Waals surface area (Å²) in [7, 11) is 0. The van der Waals surface area contributed by atoms with E-state index in [4.69, 9.17) is 11.6 Å². The number of aryl methyl sites for hydroxylation is 1. The molecule has 0 fully saturated rings. The zero-order chi connectivity index (χ0) is 11.4. The molecule has 1 atom stereocenters. The van der Waals surface area contributed by atoms with Crippen molar-refractivity contribution in [1.82, 2.24) is 0 Å². The third kappa shape index (κ3) is 3.69. The highest BCUT2D eigenvalue weighted by molar-refractivity contribution is 6.30. The average Bonchev–Trinajstić information content (AvgIpc) is 2.14. The number of hydrogen-bond acceptors (Lipinski definition) is 1. The summed E-state index contributed by atoms with van der Waals surface area (Å²) < 4.78 is 0. The van der Waals surface area contributed by atoms with E-state index < -0.39 is 6.10 Å². The first kappa shape index (κ1) is 12.3. The SMILES string of the molecule is C=C(C)CCC(O)c1ccc(Cl)cc1C. The lowest BCUT2D eigenvalue weighted by Gasteiger charge is -2.13. The summed E-state index contributed by atoms with van der Waals surface area (Å²) >= 11 is 5.85. The minimum absolute atomic E-state index is 0.418. The van der Waals surface area contributed by atoms with Crippen LogP contribution in [-0.2, 0) is 0 Å². The predicted octanol–water partition coefficient (Wildman–Crippen LogP) is 4.04. The van der Waals surface area contributed by atoms with Gasteiger partial charge in [-0.15, -0.1) is 6.58 Å². The van der Waals surface area contributed by atoms with Crippen molar-refractivity contribution in [2.75, 3.05) is 0 Å². The van der Waals surface area contributed by atoms with E-state index in [1.807, 2.05) is 32.0 Å². The molecule has 82 valence electrons. The van der Waals surface area contributed by atoms with E-state index in [0.717, 1.165) is 29.5 Å². The zero-order valence-corrected chi connectivity index (χ0v) is 10.0. The van der Waals surface area contributed by atoms with Crippen molar-refractivity contribution < 1.29 is 5.11 Å². The molecule has 0 heterocycles. The van der Waals surface area contributed by atoms with Crippen LogP contribution in [0.25, 0.3) is 0 Å². The highest BCUT2D eigenvalue weighted by Gasteiger charge is 2.10. The van der Waals surface area contributed by atoms with Gasteiger partial charge in [0.15, 0.2) is 0 Å². The van der Waals surface area contributed by atoms with Gasteiger partial charge in [-0.3, -0.25) is 0 Å². The smallest absolute Gasteiger partial charge is 0.0795 e. The molecule has 0 saturated carbocycles. The van der Waals surface area contributed by atoms with Crippen molar-refractivity contribution in [3.05, 3.63) is 46.5 Å². The number of rotatable bonds is 4. The van der Waals surface area contributed by atoms with E-state index in [9.17, 15) is 5.11 Å². The van der Waals surface area contributed by atoms with E-state index in [-0.39, 0.29) is 0 Å². The molecular weight excluding hydrogens is 208 g/mol. The van der Waals surface area contributed by atoms with Crippen LogP contribution < -0.4 is 0 Å². The second kappa shape index (κ2) is 5.34. The van der Waals surface area contributed by atoms with Crippen LogP contribution in [0.3, 0.4) is 0 Å². The molecule has 1 aromatic rings.